The van der Waals surface area contributed by atoms with Crippen LogP contribution in [0.1, 0.15) is 15.4 Å². The Morgan fingerprint density at radius 1 is 1.00 bits per heavy atom. The lowest BCUT2D eigenvalue weighted by Gasteiger charge is -2.04. The maximum atomic E-state index is 12.1. The van der Waals surface area contributed by atoms with E-state index in [0.29, 0.717) is 10.6 Å². The van der Waals surface area contributed by atoms with Crippen LogP contribution in [0, 0.1) is 6.92 Å². The van der Waals surface area contributed by atoms with Gasteiger partial charge in [-0.3, -0.25) is 4.79 Å². The van der Waals surface area contributed by atoms with Gasteiger partial charge in [0, 0.05) is 5.69 Å². The van der Waals surface area contributed by atoms with Crippen LogP contribution in [-0.4, -0.2) is 10.9 Å². The number of amides is 1. The number of azo groups is 1. The van der Waals surface area contributed by atoms with E-state index in [4.69, 9.17) is 0 Å². The third-order valence-electron chi connectivity index (χ3n) is 3.11. The first-order chi connectivity index (χ1) is 11.2. The quantitative estimate of drug-likeness (QED) is 0.677. The van der Waals surface area contributed by atoms with Gasteiger partial charge in [-0.2, -0.15) is 10.2 Å². The fourth-order valence-corrected chi connectivity index (χ4v) is 2.63. The number of rotatable bonds is 4. The molecule has 0 aliphatic carbocycles. The first kappa shape index (κ1) is 15.1. The van der Waals surface area contributed by atoms with E-state index in [1.54, 1.807) is 17.6 Å². The first-order valence-electron chi connectivity index (χ1n) is 7.01. The molecule has 0 spiro atoms. The van der Waals surface area contributed by atoms with E-state index < -0.39 is 0 Å². The smallest absolute Gasteiger partial charge is 0.267 e. The summed E-state index contributed by atoms with van der Waals surface area (Å²) in [6, 6.07) is 16.7. The SMILES string of the molecule is Cc1ncsc1C(=O)Nc1ccc(N=Nc2ccccc2)cc1. The summed E-state index contributed by atoms with van der Waals surface area (Å²) in [5.41, 5.74) is 4.63. The zero-order valence-electron chi connectivity index (χ0n) is 12.4. The molecule has 0 saturated carbocycles. The fourth-order valence-electron chi connectivity index (χ4n) is 1.93. The molecule has 0 fully saturated rings. The molecule has 0 aliphatic rings. The summed E-state index contributed by atoms with van der Waals surface area (Å²) in [5, 5.41) is 11.2. The van der Waals surface area contributed by atoms with Gasteiger partial charge in [-0.25, -0.2) is 4.98 Å². The highest BCUT2D eigenvalue weighted by atomic mass is 32.1. The third kappa shape index (κ3) is 3.87. The van der Waals surface area contributed by atoms with Gasteiger partial charge in [-0.1, -0.05) is 18.2 Å². The van der Waals surface area contributed by atoms with Crippen molar-refractivity contribution in [1.29, 1.82) is 0 Å². The summed E-state index contributed by atoms with van der Waals surface area (Å²) in [5.74, 6) is -0.149. The van der Waals surface area contributed by atoms with E-state index in [2.05, 4.69) is 20.5 Å². The normalized spacial score (nSPS) is 10.8. The van der Waals surface area contributed by atoms with Crippen LogP contribution in [-0.2, 0) is 0 Å². The number of nitrogens with one attached hydrogen (secondary N) is 1. The van der Waals surface area contributed by atoms with E-state index in [0.717, 1.165) is 17.1 Å². The van der Waals surface area contributed by atoms with Crippen molar-refractivity contribution in [3.8, 4) is 0 Å². The highest BCUT2D eigenvalue weighted by Crippen LogP contribution is 2.21. The Bertz CT molecular complexity index is 825. The summed E-state index contributed by atoms with van der Waals surface area (Å²) in [4.78, 5) is 16.8. The van der Waals surface area contributed by atoms with Gasteiger partial charge < -0.3 is 5.32 Å². The molecule has 114 valence electrons. The number of carbonyl (C=O) groups is 1. The highest BCUT2D eigenvalue weighted by Gasteiger charge is 2.11. The maximum Gasteiger partial charge on any atom is 0.267 e. The molecule has 1 heterocycles. The summed E-state index contributed by atoms with van der Waals surface area (Å²) in [6.45, 7) is 1.82. The molecule has 1 aromatic heterocycles. The Morgan fingerprint density at radius 2 is 1.65 bits per heavy atom. The Hall–Kier alpha value is -2.86. The number of nitrogens with zero attached hydrogens (tertiary/aromatic N) is 3. The van der Waals surface area contributed by atoms with Crippen LogP contribution in [0.25, 0.3) is 0 Å². The molecule has 23 heavy (non-hydrogen) atoms. The minimum absolute atomic E-state index is 0.149. The monoisotopic (exact) mass is 322 g/mol. The van der Waals surface area contributed by atoms with E-state index in [-0.39, 0.29) is 5.91 Å². The molecule has 3 aromatic rings. The second kappa shape index (κ2) is 6.93. The lowest BCUT2D eigenvalue weighted by Crippen LogP contribution is -2.11. The summed E-state index contributed by atoms with van der Waals surface area (Å²) >= 11 is 1.33. The van der Waals surface area contributed by atoms with Crippen molar-refractivity contribution in [2.24, 2.45) is 10.2 Å². The van der Waals surface area contributed by atoms with Gasteiger partial charge in [-0.05, 0) is 43.3 Å². The van der Waals surface area contributed by atoms with Crippen molar-refractivity contribution in [1.82, 2.24) is 4.98 Å². The van der Waals surface area contributed by atoms with Gasteiger partial charge in [0.25, 0.3) is 5.91 Å². The summed E-state index contributed by atoms with van der Waals surface area (Å²) in [6.07, 6.45) is 0. The van der Waals surface area contributed by atoms with Gasteiger partial charge in [-0.15, -0.1) is 11.3 Å². The van der Waals surface area contributed by atoms with Gasteiger partial charge in [0.05, 0.1) is 22.6 Å². The van der Waals surface area contributed by atoms with Crippen LogP contribution < -0.4 is 5.32 Å². The molecular weight excluding hydrogens is 308 g/mol. The van der Waals surface area contributed by atoms with Crippen molar-refractivity contribution < 1.29 is 4.79 Å². The zero-order chi connectivity index (χ0) is 16.1. The molecule has 0 atom stereocenters. The van der Waals surface area contributed by atoms with E-state index >= 15 is 0 Å². The van der Waals surface area contributed by atoms with Crippen LogP contribution in [0.4, 0.5) is 17.1 Å². The van der Waals surface area contributed by atoms with Crippen molar-refractivity contribution >= 4 is 34.3 Å². The molecule has 1 amide bonds. The highest BCUT2D eigenvalue weighted by molar-refractivity contribution is 7.12. The molecule has 1 N–H and O–H groups in total. The van der Waals surface area contributed by atoms with Gasteiger partial charge in [0.15, 0.2) is 0 Å². The number of aryl methyl sites for hydroxylation is 1. The Kier molecular flexibility index (Phi) is 4.54. The molecule has 0 radical (unpaired) electrons. The van der Waals surface area contributed by atoms with Crippen molar-refractivity contribution in [2.75, 3.05) is 5.32 Å². The maximum absolute atomic E-state index is 12.1. The molecule has 3 rings (SSSR count). The van der Waals surface area contributed by atoms with Crippen LogP contribution in [0.2, 0.25) is 0 Å². The van der Waals surface area contributed by atoms with E-state index in [1.165, 1.54) is 11.3 Å². The molecular formula is C17H14N4OS. The minimum Gasteiger partial charge on any atom is -0.321 e. The number of carbonyl (C=O) groups excluding carboxylic acids is 1. The molecule has 2 aromatic carbocycles. The van der Waals surface area contributed by atoms with Crippen LogP contribution >= 0.6 is 11.3 Å². The Labute approximate surface area is 137 Å². The van der Waals surface area contributed by atoms with Crippen molar-refractivity contribution in [3.05, 3.63) is 70.7 Å². The van der Waals surface area contributed by atoms with Crippen LogP contribution in [0.3, 0.4) is 0 Å². The fraction of sp³-hybridized carbons (Fsp3) is 0.0588. The average Bonchev–Trinajstić information content (AvgIpc) is 3.01. The van der Waals surface area contributed by atoms with Gasteiger partial charge in [0.1, 0.15) is 4.88 Å². The number of thiazole rings is 1. The van der Waals surface area contributed by atoms with Gasteiger partial charge in [0.2, 0.25) is 0 Å². The summed E-state index contributed by atoms with van der Waals surface area (Å²) in [7, 11) is 0. The largest absolute Gasteiger partial charge is 0.321 e. The minimum atomic E-state index is -0.149. The van der Waals surface area contributed by atoms with Crippen LogP contribution in [0.15, 0.2) is 70.3 Å². The van der Waals surface area contributed by atoms with Crippen molar-refractivity contribution in [2.45, 2.75) is 6.92 Å². The summed E-state index contributed by atoms with van der Waals surface area (Å²) < 4.78 is 0. The Balaban J connectivity index is 1.67. The second-order valence-electron chi connectivity index (χ2n) is 4.80. The van der Waals surface area contributed by atoms with E-state index in [1.807, 2.05) is 49.4 Å². The predicted molar refractivity (Wildman–Crippen MR) is 91.9 cm³/mol. The van der Waals surface area contributed by atoms with E-state index in [9.17, 15) is 4.79 Å². The number of aromatic nitrogens is 1. The lowest BCUT2D eigenvalue weighted by molar-refractivity contribution is 0.103. The molecule has 0 bridgehead atoms. The molecule has 0 saturated heterocycles. The van der Waals surface area contributed by atoms with Crippen LogP contribution in [0.5, 0.6) is 0 Å². The number of anilines is 1. The predicted octanol–water partition coefficient (Wildman–Crippen LogP) is 5.12. The lowest BCUT2D eigenvalue weighted by atomic mass is 10.2. The second-order valence-corrected chi connectivity index (χ2v) is 5.66. The standard InChI is InChI=1S/C17H14N4OS/c1-12-16(23-11-18-12)17(22)19-13-7-9-15(10-8-13)21-20-14-5-3-2-4-6-14/h2-11H,1H3,(H,19,22). The number of benzene rings is 2. The molecule has 0 aliphatic heterocycles. The number of hydrogen-bond acceptors (Lipinski definition) is 5. The first-order valence-corrected chi connectivity index (χ1v) is 7.88. The van der Waals surface area contributed by atoms with Crippen molar-refractivity contribution in [3.63, 3.8) is 0 Å². The average molecular weight is 322 g/mol. The molecule has 0 unspecified atom stereocenters. The topological polar surface area (TPSA) is 66.7 Å². The Morgan fingerprint density at radius 3 is 2.26 bits per heavy atom. The van der Waals surface area contributed by atoms with Gasteiger partial charge >= 0.3 is 0 Å². The molecule has 6 heteroatoms. The zero-order valence-corrected chi connectivity index (χ0v) is 13.2. The number of hydrogen-bond donors (Lipinski definition) is 1. The molecule has 5 nitrogen and oxygen atoms in total. The third-order valence-corrected chi connectivity index (χ3v) is 4.04.